The van der Waals surface area contributed by atoms with Crippen LogP contribution >= 0.6 is 23.2 Å². The lowest BCUT2D eigenvalue weighted by Crippen LogP contribution is -2.39. The van der Waals surface area contributed by atoms with Gasteiger partial charge in [-0.1, -0.05) is 29.3 Å². The van der Waals surface area contributed by atoms with Crippen molar-refractivity contribution in [3.8, 4) is 5.75 Å². The summed E-state index contributed by atoms with van der Waals surface area (Å²) in [7, 11) is 3.39. The van der Waals surface area contributed by atoms with Gasteiger partial charge in [0.1, 0.15) is 23.1 Å². The quantitative estimate of drug-likeness (QED) is 0.625. The highest BCUT2D eigenvalue weighted by Gasteiger charge is 2.26. The Kier molecular flexibility index (Phi) is 7.33. The van der Waals surface area contributed by atoms with Gasteiger partial charge >= 0.3 is 0 Å². The van der Waals surface area contributed by atoms with Gasteiger partial charge in [-0.3, -0.25) is 14.5 Å². The van der Waals surface area contributed by atoms with Crippen molar-refractivity contribution >= 4 is 52.6 Å². The van der Waals surface area contributed by atoms with Crippen LogP contribution in [0.3, 0.4) is 0 Å². The van der Waals surface area contributed by atoms with Gasteiger partial charge in [0, 0.05) is 37.8 Å². The molecule has 2 aliphatic heterocycles. The van der Waals surface area contributed by atoms with Gasteiger partial charge < -0.3 is 15.0 Å². The van der Waals surface area contributed by atoms with Crippen molar-refractivity contribution < 1.29 is 9.53 Å². The molecule has 3 heterocycles. The second-order valence-electron chi connectivity index (χ2n) is 7.89. The maximum atomic E-state index is 11.8. The lowest BCUT2D eigenvalue weighted by molar-refractivity contribution is -0.119. The van der Waals surface area contributed by atoms with E-state index in [1.165, 1.54) is 0 Å². The Bertz CT molecular complexity index is 1220. The van der Waals surface area contributed by atoms with Crippen molar-refractivity contribution in [3.05, 3.63) is 51.9 Å². The number of amidine groups is 1. The summed E-state index contributed by atoms with van der Waals surface area (Å²) in [5.41, 5.74) is 2.76. The van der Waals surface area contributed by atoms with E-state index in [4.69, 9.17) is 37.9 Å². The van der Waals surface area contributed by atoms with Crippen molar-refractivity contribution in [2.24, 2.45) is 22.0 Å². The molecule has 1 aromatic heterocycles. The maximum absolute atomic E-state index is 11.8. The molecule has 4 rings (SSSR count). The van der Waals surface area contributed by atoms with Gasteiger partial charge in [0.15, 0.2) is 5.84 Å². The number of nitrogens with zero attached hydrogens (tertiary/aromatic N) is 6. The monoisotopic (exact) mass is 501 g/mol. The van der Waals surface area contributed by atoms with Gasteiger partial charge in [0.05, 0.1) is 35.9 Å². The van der Waals surface area contributed by atoms with Crippen LogP contribution in [0.1, 0.15) is 25.3 Å². The first kappa shape index (κ1) is 24.0. The number of ether oxygens (including phenoxy) is 1. The Morgan fingerprint density at radius 3 is 2.85 bits per heavy atom. The maximum Gasteiger partial charge on any atom is 0.220 e. The molecule has 178 valence electrons. The Labute approximate surface area is 207 Å². The number of aryl methyl sites for hydroxylation is 1. The van der Waals surface area contributed by atoms with Gasteiger partial charge in [0.25, 0.3) is 0 Å². The van der Waals surface area contributed by atoms with Crippen LogP contribution in [0.2, 0.25) is 10.0 Å². The lowest BCUT2D eigenvalue weighted by Gasteiger charge is -2.28. The number of methoxy groups -OCH3 is 1. The fraction of sp³-hybridized carbons (Fsp3) is 0.348. The number of anilines is 1. The number of amides is 1. The molecule has 2 aliphatic rings. The van der Waals surface area contributed by atoms with Crippen molar-refractivity contribution in [2.45, 2.75) is 25.8 Å². The molecule has 1 aromatic carbocycles. The predicted octanol–water partition coefficient (Wildman–Crippen LogP) is 3.65. The van der Waals surface area contributed by atoms with E-state index in [1.807, 2.05) is 31.1 Å². The fourth-order valence-electron chi connectivity index (χ4n) is 3.82. The van der Waals surface area contributed by atoms with E-state index in [1.54, 1.807) is 36.3 Å². The zero-order valence-corrected chi connectivity index (χ0v) is 20.6. The SMILES string of the molecule is C/C=C1/N=CC(c2cnn(C)c2)=N/C1=N/CN(CC1CCC(=O)N1)c1c(Cl)ccc(OC)c1Cl. The molecule has 1 amide bonds. The second-order valence-corrected chi connectivity index (χ2v) is 8.68. The van der Waals surface area contributed by atoms with Gasteiger partial charge in [0.2, 0.25) is 5.91 Å². The number of aliphatic imine (C=N–C) groups is 3. The van der Waals surface area contributed by atoms with Crippen LogP contribution in [0.5, 0.6) is 5.75 Å². The first-order valence-electron chi connectivity index (χ1n) is 10.8. The minimum absolute atomic E-state index is 0.0302. The van der Waals surface area contributed by atoms with E-state index in [0.717, 1.165) is 12.0 Å². The molecule has 2 aromatic rings. The number of hydrogen-bond donors (Lipinski definition) is 1. The lowest BCUT2D eigenvalue weighted by atomic mass is 10.2. The number of allylic oxidation sites excluding steroid dienone is 1. The van der Waals surface area contributed by atoms with Crippen LogP contribution in [0, 0.1) is 0 Å². The summed E-state index contributed by atoms with van der Waals surface area (Å²) < 4.78 is 7.10. The third-order valence-corrected chi connectivity index (χ3v) is 6.21. The van der Waals surface area contributed by atoms with Gasteiger partial charge in [-0.15, -0.1) is 0 Å². The number of carbonyl (C=O) groups excluding carboxylic acids is 1. The number of hydrogen-bond acceptors (Lipinski definition) is 6. The standard InChI is InChI=1S/C23H25Cl2N7O2/c1-4-17-23(30-18(10-26-17)14-9-28-31(2)11-14)27-13-32(12-15-5-8-20(33)29-15)22-16(24)6-7-19(34-3)21(22)25/h4,6-7,9-11,15H,5,8,12-13H2,1-3H3,(H,29,33)/b17-4+,27-23+. The first-order chi connectivity index (χ1) is 16.4. The van der Waals surface area contributed by atoms with Crippen molar-refractivity contribution in [1.82, 2.24) is 15.1 Å². The third-order valence-electron chi connectivity index (χ3n) is 5.54. The smallest absolute Gasteiger partial charge is 0.220 e. The minimum Gasteiger partial charge on any atom is -0.495 e. The topological polar surface area (TPSA) is 96.5 Å². The fourth-order valence-corrected chi connectivity index (χ4v) is 4.51. The molecule has 0 bridgehead atoms. The molecule has 1 atom stereocenters. The highest BCUT2D eigenvalue weighted by molar-refractivity contribution is 6.42. The summed E-state index contributed by atoms with van der Waals surface area (Å²) in [5.74, 6) is 1.02. The summed E-state index contributed by atoms with van der Waals surface area (Å²) >= 11 is 13.2. The van der Waals surface area contributed by atoms with E-state index in [-0.39, 0.29) is 18.6 Å². The second kappa shape index (κ2) is 10.4. The van der Waals surface area contributed by atoms with E-state index in [9.17, 15) is 4.79 Å². The Morgan fingerprint density at radius 2 is 2.21 bits per heavy atom. The van der Waals surface area contributed by atoms with Crippen LogP contribution in [0.4, 0.5) is 5.69 Å². The molecule has 1 fully saturated rings. The number of rotatable bonds is 7. The van der Waals surface area contributed by atoms with Gasteiger partial charge in [-0.2, -0.15) is 5.10 Å². The molecule has 0 spiro atoms. The van der Waals surface area contributed by atoms with Crippen LogP contribution in [0.15, 0.2) is 51.3 Å². The van der Waals surface area contributed by atoms with E-state index in [2.05, 4.69) is 15.4 Å². The minimum atomic E-state index is -0.0499. The summed E-state index contributed by atoms with van der Waals surface area (Å²) in [6.07, 6.45) is 8.36. The predicted molar refractivity (Wildman–Crippen MR) is 136 cm³/mol. The largest absolute Gasteiger partial charge is 0.495 e. The highest BCUT2D eigenvalue weighted by Crippen LogP contribution is 2.40. The summed E-state index contributed by atoms with van der Waals surface area (Å²) in [6, 6.07) is 3.40. The van der Waals surface area contributed by atoms with Crippen LogP contribution < -0.4 is 15.0 Å². The first-order valence-corrected chi connectivity index (χ1v) is 11.5. The normalized spacial score (nSPS) is 20.1. The summed E-state index contributed by atoms with van der Waals surface area (Å²) in [5, 5.41) is 8.04. The molecule has 1 saturated heterocycles. The molecule has 1 N–H and O–H groups in total. The van der Waals surface area contributed by atoms with Crippen molar-refractivity contribution in [1.29, 1.82) is 0 Å². The molecule has 0 aliphatic carbocycles. The van der Waals surface area contributed by atoms with Crippen molar-refractivity contribution in [2.75, 3.05) is 25.2 Å². The number of nitrogens with one attached hydrogen (secondary N) is 1. The number of aromatic nitrogens is 2. The average Bonchev–Trinajstić information content (AvgIpc) is 3.45. The average molecular weight is 502 g/mol. The molecule has 1 unspecified atom stereocenters. The molecule has 0 saturated carbocycles. The summed E-state index contributed by atoms with van der Waals surface area (Å²) in [6.45, 7) is 2.56. The molecule has 0 radical (unpaired) electrons. The van der Waals surface area contributed by atoms with Crippen LogP contribution in [0.25, 0.3) is 0 Å². The Balaban J connectivity index is 1.69. The van der Waals surface area contributed by atoms with Crippen LogP contribution in [-0.4, -0.2) is 59.8 Å². The Hall–Kier alpha value is -3.17. The number of carbonyl (C=O) groups is 1. The van der Waals surface area contributed by atoms with Gasteiger partial charge in [-0.25, -0.2) is 9.98 Å². The molecular weight excluding hydrogens is 477 g/mol. The van der Waals surface area contributed by atoms with E-state index < -0.39 is 0 Å². The summed E-state index contributed by atoms with van der Waals surface area (Å²) in [4.78, 5) is 27.7. The molecule has 34 heavy (non-hydrogen) atoms. The molecular formula is C23H25Cl2N7O2. The highest BCUT2D eigenvalue weighted by atomic mass is 35.5. The zero-order valence-electron chi connectivity index (χ0n) is 19.1. The van der Waals surface area contributed by atoms with Crippen molar-refractivity contribution in [3.63, 3.8) is 0 Å². The number of benzene rings is 1. The Morgan fingerprint density at radius 1 is 1.38 bits per heavy atom. The molecule has 9 nitrogen and oxygen atoms in total. The van der Waals surface area contributed by atoms with E-state index in [0.29, 0.717) is 51.7 Å². The zero-order chi connectivity index (χ0) is 24.2. The van der Waals surface area contributed by atoms with Crippen LogP contribution in [-0.2, 0) is 11.8 Å². The number of halogens is 2. The van der Waals surface area contributed by atoms with Gasteiger partial charge in [-0.05, 0) is 25.5 Å². The van der Waals surface area contributed by atoms with E-state index >= 15 is 0 Å². The molecule has 11 heteroatoms. The third kappa shape index (κ3) is 5.15.